The van der Waals surface area contributed by atoms with Gasteiger partial charge in [0.15, 0.2) is 0 Å². The molecule has 0 radical (unpaired) electrons. The van der Waals surface area contributed by atoms with Crippen LogP contribution in [0, 0.1) is 19.8 Å². The number of nitrogens with zero attached hydrogens (tertiary/aromatic N) is 1. The van der Waals surface area contributed by atoms with Crippen LogP contribution >= 0.6 is 0 Å². The lowest BCUT2D eigenvalue weighted by atomic mass is 9.95. The third kappa shape index (κ3) is 4.43. The van der Waals surface area contributed by atoms with Gasteiger partial charge in [0.25, 0.3) is 0 Å². The summed E-state index contributed by atoms with van der Waals surface area (Å²) in [7, 11) is 0. The van der Waals surface area contributed by atoms with Gasteiger partial charge in [-0.2, -0.15) is 13.2 Å². The molecule has 150 valence electrons. The van der Waals surface area contributed by atoms with E-state index < -0.39 is 11.7 Å². The van der Waals surface area contributed by atoms with Crippen LogP contribution in [0.4, 0.5) is 18.9 Å². The molecule has 0 saturated carbocycles. The summed E-state index contributed by atoms with van der Waals surface area (Å²) in [4.78, 5) is 1.81. The Bertz CT molecular complexity index is 861. The van der Waals surface area contributed by atoms with Crippen LogP contribution in [0.2, 0.25) is 0 Å². The zero-order valence-corrected chi connectivity index (χ0v) is 16.1. The van der Waals surface area contributed by atoms with Crippen LogP contribution in [0.3, 0.4) is 0 Å². The van der Waals surface area contributed by atoms with Crippen molar-refractivity contribution in [2.75, 3.05) is 18.0 Å². The molecule has 6 heteroatoms. The van der Waals surface area contributed by atoms with E-state index in [9.17, 15) is 13.2 Å². The Morgan fingerprint density at radius 3 is 2.64 bits per heavy atom. The molecule has 2 N–H and O–H groups in total. The van der Waals surface area contributed by atoms with Gasteiger partial charge in [0.2, 0.25) is 0 Å². The molecule has 2 aromatic rings. The molecule has 0 spiro atoms. The summed E-state index contributed by atoms with van der Waals surface area (Å²) in [5.41, 5.74) is 6.49. The van der Waals surface area contributed by atoms with Crippen LogP contribution in [0.1, 0.15) is 29.5 Å². The minimum Gasteiger partial charge on any atom is -0.457 e. The number of piperidine rings is 1. The number of benzene rings is 2. The van der Waals surface area contributed by atoms with Crippen LogP contribution in [-0.2, 0) is 6.18 Å². The molecular weight excluding hydrogens is 365 g/mol. The maximum Gasteiger partial charge on any atom is 0.422 e. The molecule has 0 amide bonds. The Hall–Kier alpha value is -2.63. The van der Waals surface area contributed by atoms with Gasteiger partial charge in [0, 0.05) is 13.1 Å². The first-order valence-corrected chi connectivity index (χ1v) is 9.38. The van der Waals surface area contributed by atoms with E-state index in [-0.39, 0.29) is 17.4 Å². The highest BCUT2D eigenvalue weighted by Crippen LogP contribution is 2.46. The second-order valence-electron chi connectivity index (χ2n) is 7.25. The number of ether oxygens (including phenoxy) is 1. The summed E-state index contributed by atoms with van der Waals surface area (Å²) in [6.45, 7) is 4.67. The molecule has 1 heterocycles. The molecule has 1 aliphatic rings. The van der Waals surface area contributed by atoms with E-state index in [1.165, 1.54) is 12.3 Å². The molecule has 0 aliphatic carbocycles. The molecule has 0 bridgehead atoms. The normalized spacial score (nSPS) is 17.9. The summed E-state index contributed by atoms with van der Waals surface area (Å²) in [5.74, 6) is 0.360. The minimum atomic E-state index is -4.53. The highest BCUT2D eigenvalue weighted by Gasteiger charge is 2.40. The van der Waals surface area contributed by atoms with Crippen molar-refractivity contribution in [1.29, 1.82) is 0 Å². The van der Waals surface area contributed by atoms with Gasteiger partial charge in [0.05, 0.1) is 5.69 Å². The number of halogens is 3. The SMILES string of the molecule is Cc1cccc(Oc2ccc(C)c(N3CCCC(/C=C/N)C3)c2C(F)(F)F)c1. The standard InChI is InChI=1S/C22H25F3N2O/c1-15-5-3-7-18(13-15)28-19-9-8-16(2)21(20(19)22(23,24)25)27-12-4-6-17(14-27)10-11-26/h3,5,7-11,13,17H,4,6,12,14,26H2,1-2H3/b11-10+. The van der Waals surface area contributed by atoms with Crippen LogP contribution in [-0.4, -0.2) is 13.1 Å². The number of nitrogens with two attached hydrogens (primary N) is 1. The molecule has 2 aromatic carbocycles. The summed E-state index contributed by atoms with van der Waals surface area (Å²) in [5, 5.41) is 0. The van der Waals surface area contributed by atoms with E-state index in [1.807, 2.05) is 24.0 Å². The van der Waals surface area contributed by atoms with Crippen LogP contribution < -0.4 is 15.4 Å². The van der Waals surface area contributed by atoms with Crippen molar-refractivity contribution in [1.82, 2.24) is 0 Å². The van der Waals surface area contributed by atoms with Crippen LogP contribution in [0.25, 0.3) is 0 Å². The number of aryl methyl sites for hydroxylation is 2. The molecule has 3 nitrogen and oxygen atoms in total. The minimum absolute atomic E-state index is 0.139. The monoisotopic (exact) mass is 390 g/mol. The smallest absolute Gasteiger partial charge is 0.422 e. The largest absolute Gasteiger partial charge is 0.457 e. The van der Waals surface area contributed by atoms with E-state index >= 15 is 0 Å². The third-order valence-electron chi connectivity index (χ3n) is 5.00. The zero-order chi connectivity index (χ0) is 20.3. The van der Waals surface area contributed by atoms with Gasteiger partial charge < -0.3 is 15.4 Å². The molecule has 1 atom stereocenters. The molecule has 28 heavy (non-hydrogen) atoms. The average molecular weight is 390 g/mol. The number of anilines is 1. The Kier molecular flexibility index (Phi) is 5.87. The fourth-order valence-electron chi connectivity index (χ4n) is 3.78. The second kappa shape index (κ2) is 8.17. The van der Waals surface area contributed by atoms with Gasteiger partial charge in [-0.15, -0.1) is 0 Å². The summed E-state index contributed by atoms with van der Waals surface area (Å²) < 4.78 is 48.1. The molecular formula is C22H25F3N2O. The number of hydrogen-bond acceptors (Lipinski definition) is 3. The zero-order valence-electron chi connectivity index (χ0n) is 16.1. The Balaban J connectivity index is 2.06. The topological polar surface area (TPSA) is 38.5 Å². The van der Waals surface area contributed by atoms with E-state index in [0.29, 0.717) is 24.4 Å². The third-order valence-corrected chi connectivity index (χ3v) is 5.00. The summed E-state index contributed by atoms with van der Waals surface area (Å²) in [6.07, 6.45) is 0.542. The number of hydrogen-bond donors (Lipinski definition) is 1. The van der Waals surface area contributed by atoms with E-state index in [2.05, 4.69) is 0 Å². The lowest BCUT2D eigenvalue weighted by Crippen LogP contribution is -2.36. The van der Waals surface area contributed by atoms with Crippen molar-refractivity contribution in [2.45, 2.75) is 32.9 Å². The highest BCUT2D eigenvalue weighted by atomic mass is 19.4. The molecule has 1 unspecified atom stereocenters. The van der Waals surface area contributed by atoms with Gasteiger partial charge in [-0.1, -0.05) is 24.3 Å². The first kappa shape index (κ1) is 20.1. The predicted molar refractivity (Wildman–Crippen MR) is 106 cm³/mol. The highest BCUT2D eigenvalue weighted by molar-refractivity contribution is 5.66. The average Bonchev–Trinajstić information content (AvgIpc) is 2.62. The molecule has 1 saturated heterocycles. The Labute approximate surface area is 163 Å². The number of rotatable bonds is 4. The summed E-state index contributed by atoms with van der Waals surface area (Å²) >= 11 is 0. The quantitative estimate of drug-likeness (QED) is 0.717. The predicted octanol–water partition coefficient (Wildman–Crippen LogP) is 5.80. The fourth-order valence-corrected chi connectivity index (χ4v) is 3.78. The Morgan fingerprint density at radius 2 is 1.96 bits per heavy atom. The van der Waals surface area contributed by atoms with Crippen molar-refractivity contribution in [3.8, 4) is 11.5 Å². The van der Waals surface area contributed by atoms with Gasteiger partial charge in [0.1, 0.15) is 17.1 Å². The maximum atomic E-state index is 14.1. The lowest BCUT2D eigenvalue weighted by molar-refractivity contribution is -0.138. The molecule has 1 aliphatic heterocycles. The molecule has 1 fully saturated rings. The van der Waals surface area contributed by atoms with Gasteiger partial charge in [-0.05, 0) is 68.1 Å². The maximum absolute atomic E-state index is 14.1. The fraction of sp³-hybridized carbons (Fsp3) is 0.364. The first-order valence-electron chi connectivity index (χ1n) is 9.38. The van der Waals surface area contributed by atoms with Gasteiger partial charge in [-0.25, -0.2) is 0 Å². The van der Waals surface area contributed by atoms with Gasteiger partial charge >= 0.3 is 6.18 Å². The van der Waals surface area contributed by atoms with E-state index in [1.54, 1.807) is 31.2 Å². The van der Waals surface area contributed by atoms with Crippen LogP contribution in [0.15, 0.2) is 48.7 Å². The molecule has 0 aromatic heterocycles. The van der Waals surface area contributed by atoms with Crippen LogP contribution in [0.5, 0.6) is 11.5 Å². The first-order chi connectivity index (χ1) is 13.3. The van der Waals surface area contributed by atoms with Crippen molar-refractivity contribution < 1.29 is 17.9 Å². The summed E-state index contributed by atoms with van der Waals surface area (Å²) in [6, 6.07) is 10.1. The van der Waals surface area contributed by atoms with E-state index in [0.717, 1.165) is 18.4 Å². The van der Waals surface area contributed by atoms with E-state index in [4.69, 9.17) is 10.5 Å². The van der Waals surface area contributed by atoms with Crippen molar-refractivity contribution in [3.63, 3.8) is 0 Å². The van der Waals surface area contributed by atoms with Crippen molar-refractivity contribution in [3.05, 3.63) is 65.4 Å². The second-order valence-corrected chi connectivity index (χ2v) is 7.25. The van der Waals surface area contributed by atoms with Crippen molar-refractivity contribution >= 4 is 5.69 Å². The Morgan fingerprint density at radius 1 is 1.18 bits per heavy atom. The molecule has 3 rings (SSSR count). The van der Waals surface area contributed by atoms with Crippen molar-refractivity contribution in [2.24, 2.45) is 11.7 Å². The van der Waals surface area contributed by atoms with Gasteiger partial charge in [-0.3, -0.25) is 0 Å². The number of alkyl halides is 3. The lowest BCUT2D eigenvalue weighted by Gasteiger charge is -2.36.